The average Bonchev–Trinajstić information content (AvgIpc) is 2.19. The zero-order valence-corrected chi connectivity index (χ0v) is 10.9. The van der Waals surface area contributed by atoms with Crippen LogP contribution in [0.4, 0.5) is 0 Å². The summed E-state index contributed by atoms with van der Waals surface area (Å²) in [5.74, 6) is -3.41. The third-order valence-electron chi connectivity index (χ3n) is 2.75. The third-order valence-corrected chi connectivity index (χ3v) is 4.27. The molecule has 0 amide bonds. The number of carboxylic acid groups (broad SMARTS) is 2. The van der Waals surface area contributed by atoms with Gasteiger partial charge >= 0.3 is 11.9 Å². The van der Waals surface area contributed by atoms with Gasteiger partial charge in [-0.25, -0.2) is 0 Å². The summed E-state index contributed by atoms with van der Waals surface area (Å²) in [6, 6.07) is 0. The Balaban J connectivity index is 5.11. The molecule has 0 bridgehead atoms. The average molecular weight is 282 g/mol. The summed E-state index contributed by atoms with van der Waals surface area (Å²) < 4.78 is 28.8. The van der Waals surface area contributed by atoms with Crippen LogP contribution in [0.5, 0.6) is 0 Å². The molecule has 0 saturated carbocycles. The molecule has 0 fully saturated rings. The number of unbranched alkanes of at least 4 members (excludes halogenated alkanes) is 3. The summed E-state index contributed by atoms with van der Waals surface area (Å²) in [6.07, 6.45) is 0.910. The largest absolute Gasteiger partial charge is 0.481 e. The van der Waals surface area contributed by atoms with E-state index in [0.717, 1.165) is 12.8 Å². The van der Waals surface area contributed by atoms with Crippen molar-refractivity contribution in [3.63, 3.8) is 0 Å². The molecule has 0 aliphatic carbocycles. The van der Waals surface area contributed by atoms with Gasteiger partial charge in [0.05, 0.1) is 6.42 Å². The van der Waals surface area contributed by atoms with Crippen LogP contribution in [0.25, 0.3) is 0 Å². The van der Waals surface area contributed by atoms with Crippen LogP contribution in [-0.2, 0) is 19.7 Å². The first kappa shape index (κ1) is 16.9. The van der Waals surface area contributed by atoms with Crippen molar-refractivity contribution in [3.05, 3.63) is 0 Å². The van der Waals surface area contributed by atoms with Gasteiger partial charge in [0.25, 0.3) is 10.1 Å². The summed E-state index contributed by atoms with van der Waals surface area (Å²) in [5, 5.41) is 17.6. The maximum absolute atomic E-state index is 11.2. The second kappa shape index (κ2) is 6.69. The summed E-state index contributed by atoms with van der Waals surface area (Å²) in [4.78, 5) is 21.7. The Kier molecular flexibility index (Phi) is 6.27. The van der Waals surface area contributed by atoms with Crippen molar-refractivity contribution in [3.8, 4) is 0 Å². The SMILES string of the molecule is CCCCCCC(CC(=O)O)(C(=O)O)S(=O)(=O)O. The van der Waals surface area contributed by atoms with Crippen LogP contribution in [0.2, 0.25) is 0 Å². The molecular weight excluding hydrogens is 264 g/mol. The normalized spacial score (nSPS) is 15.0. The van der Waals surface area contributed by atoms with Gasteiger partial charge < -0.3 is 10.2 Å². The van der Waals surface area contributed by atoms with Crippen molar-refractivity contribution >= 4 is 22.1 Å². The van der Waals surface area contributed by atoms with Crippen molar-refractivity contribution in [2.75, 3.05) is 0 Å². The third kappa shape index (κ3) is 4.26. The van der Waals surface area contributed by atoms with Gasteiger partial charge in [-0.2, -0.15) is 8.42 Å². The van der Waals surface area contributed by atoms with E-state index < -0.39 is 39.6 Å². The molecule has 3 N–H and O–H groups in total. The first-order valence-corrected chi connectivity index (χ1v) is 7.03. The van der Waals surface area contributed by atoms with E-state index in [2.05, 4.69) is 0 Å². The lowest BCUT2D eigenvalue weighted by Crippen LogP contribution is -2.48. The molecular formula is C10H18O7S. The molecule has 0 aliphatic heterocycles. The highest BCUT2D eigenvalue weighted by molar-refractivity contribution is 7.88. The van der Waals surface area contributed by atoms with Gasteiger partial charge in [-0.15, -0.1) is 0 Å². The standard InChI is InChI=1S/C10H18O7S/c1-2-3-4-5-6-10(9(13)14,7-8(11)12)18(15,16)17/h2-7H2,1H3,(H,11,12)(H,13,14)(H,15,16,17). The maximum Gasteiger partial charge on any atom is 0.328 e. The number of aliphatic carboxylic acids is 2. The summed E-state index contributed by atoms with van der Waals surface area (Å²) in [5.41, 5.74) is 0. The molecule has 1 unspecified atom stereocenters. The lowest BCUT2D eigenvalue weighted by atomic mass is 9.96. The van der Waals surface area contributed by atoms with Crippen molar-refractivity contribution in [2.24, 2.45) is 0 Å². The Labute approximate surface area is 106 Å². The van der Waals surface area contributed by atoms with Crippen LogP contribution in [0.3, 0.4) is 0 Å². The Hall–Kier alpha value is -1.15. The number of carbonyl (C=O) groups is 2. The highest BCUT2D eigenvalue weighted by Crippen LogP contribution is 2.29. The fourth-order valence-corrected chi connectivity index (χ4v) is 2.61. The van der Waals surface area contributed by atoms with Crippen LogP contribution in [0, 0.1) is 0 Å². The van der Waals surface area contributed by atoms with Crippen molar-refractivity contribution in [1.82, 2.24) is 0 Å². The fraction of sp³-hybridized carbons (Fsp3) is 0.800. The van der Waals surface area contributed by atoms with Gasteiger partial charge in [0.2, 0.25) is 4.75 Å². The molecule has 0 saturated heterocycles. The Bertz CT molecular complexity index is 400. The van der Waals surface area contributed by atoms with Crippen molar-refractivity contribution < 1.29 is 32.8 Å². The predicted molar refractivity (Wildman–Crippen MR) is 62.9 cm³/mol. The first-order chi connectivity index (χ1) is 8.17. The molecule has 0 aromatic carbocycles. The fourth-order valence-electron chi connectivity index (χ4n) is 1.68. The van der Waals surface area contributed by atoms with E-state index in [1.165, 1.54) is 0 Å². The molecule has 0 radical (unpaired) electrons. The van der Waals surface area contributed by atoms with Crippen LogP contribution in [-0.4, -0.2) is 39.9 Å². The monoisotopic (exact) mass is 282 g/mol. The van der Waals surface area contributed by atoms with Gasteiger partial charge in [-0.3, -0.25) is 14.1 Å². The van der Waals surface area contributed by atoms with E-state index in [1.807, 2.05) is 6.92 Å². The Morgan fingerprint density at radius 1 is 1.11 bits per heavy atom. The lowest BCUT2D eigenvalue weighted by molar-refractivity contribution is -0.147. The van der Waals surface area contributed by atoms with Crippen LogP contribution in [0.15, 0.2) is 0 Å². The minimum absolute atomic E-state index is 0.229. The van der Waals surface area contributed by atoms with Crippen LogP contribution < -0.4 is 0 Å². The van der Waals surface area contributed by atoms with Crippen molar-refractivity contribution in [1.29, 1.82) is 0 Å². The zero-order chi connectivity index (χ0) is 14.4. The van der Waals surface area contributed by atoms with Gasteiger partial charge in [0.1, 0.15) is 0 Å². The molecule has 0 aliphatic rings. The molecule has 7 nitrogen and oxygen atoms in total. The Morgan fingerprint density at radius 3 is 2.00 bits per heavy atom. The predicted octanol–water partition coefficient (Wildman–Crippen LogP) is 1.14. The number of carboxylic acids is 2. The summed E-state index contributed by atoms with van der Waals surface area (Å²) in [6.45, 7) is 1.92. The molecule has 0 spiro atoms. The molecule has 106 valence electrons. The first-order valence-electron chi connectivity index (χ1n) is 5.59. The number of rotatable bonds is 9. The highest BCUT2D eigenvalue weighted by atomic mass is 32.2. The van der Waals surface area contributed by atoms with E-state index in [1.54, 1.807) is 0 Å². The van der Waals surface area contributed by atoms with Gasteiger partial charge in [-0.1, -0.05) is 32.6 Å². The molecule has 0 aromatic heterocycles. The lowest BCUT2D eigenvalue weighted by Gasteiger charge is -2.24. The molecule has 0 rings (SSSR count). The number of hydrogen-bond acceptors (Lipinski definition) is 4. The van der Waals surface area contributed by atoms with Crippen molar-refractivity contribution in [2.45, 2.75) is 50.2 Å². The van der Waals surface area contributed by atoms with E-state index in [9.17, 15) is 18.0 Å². The quantitative estimate of drug-likeness (QED) is 0.427. The van der Waals surface area contributed by atoms with Crippen LogP contribution in [0.1, 0.15) is 45.4 Å². The van der Waals surface area contributed by atoms with Gasteiger partial charge in [-0.05, 0) is 6.42 Å². The summed E-state index contributed by atoms with van der Waals surface area (Å²) in [7, 11) is -4.99. The molecule has 8 heteroatoms. The molecule has 18 heavy (non-hydrogen) atoms. The highest BCUT2D eigenvalue weighted by Gasteiger charge is 2.51. The van der Waals surface area contributed by atoms with E-state index in [-0.39, 0.29) is 6.42 Å². The van der Waals surface area contributed by atoms with E-state index in [0.29, 0.717) is 6.42 Å². The minimum Gasteiger partial charge on any atom is -0.481 e. The number of hydrogen-bond donors (Lipinski definition) is 3. The van der Waals surface area contributed by atoms with E-state index in [4.69, 9.17) is 14.8 Å². The van der Waals surface area contributed by atoms with Crippen LogP contribution >= 0.6 is 0 Å². The maximum atomic E-state index is 11.2. The zero-order valence-electron chi connectivity index (χ0n) is 10.1. The topological polar surface area (TPSA) is 129 Å². The second-order valence-electron chi connectivity index (χ2n) is 4.16. The molecule has 0 aromatic rings. The van der Waals surface area contributed by atoms with E-state index >= 15 is 0 Å². The molecule has 1 atom stereocenters. The Morgan fingerprint density at radius 2 is 1.67 bits per heavy atom. The molecule has 0 heterocycles. The summed E-state index contributed by atoms with van der Waals surface area (Å²) >= 11 is 0. The van der Waals surface area contributed by atoms with Gasteiger partial charge in [0, 0.05) is 0 Å². The minimum atomic E-state index is -4.99. The van der Waals surface area contributed by atoms with Gasteiger partial charge in [0.15, 0.2) is 0 Å². The smallest absolute Gasteiger partial charge is 0.328 e. The second-order valence-corrected chi connectivity index (χ2v) is 5.89.